The van der Waals surface area contributed by atoms with Crippen LogP contribution in [0.15, 0.2) is 36.7 Å². The highest BCUT2D eigenvalue weighted by molar-refractivity contribution is 5.49. The third kappa shape index (κ3) is 4.39. The number of hydrogen-bond acceptors (Lipinski definition) is 4. The third-order valence-corrected chi connectivity index (χ3v) is 4.02. The second kappa shape index (κ2) is 6.39. The highest BCUT2D eigenvalue weighted by Gasteiger charge is 2.25. The van der Waals surface area contributed by atoms with Gasteiger partial charge in [0.15, 0.2) is 0 Å². The molecule has 4 nitrogen and oxygen atoms in total. The predicted molar refractivity (Wildman–Crippen MR) is 90.1 cm³/mol. The lowest BCUT2D eigenvalue weighted by molar-refractivity contribution is 0.128. The van der Waals surface area contributed by atoms with Crippen molar-refractivity contribution in [1.82, 2.24) is 10.2 Å². The predicted octanol–water partition coefficient (Wildman–Crippen LogP) is 2.13. The van der Waals surface area contributed by atoms with Crippen LogP contribution < -0.4 is 16.0 Å². The van der Waals surface area contributed by atoms with Gasteiger partial charge in [-0.25, -0.2) is 0 Å². The Labute approximate surface area is 128 Å². The molecule has 2 rings (SSSR count). The van der Waals surface area contributed by atoms with Gasteiger partial charge in [-0.15, -0.1) is 0 Å². The summed E-state index contributed by atoms with van der Waals surface area (Å²) < 4.78 is 0. The highest BCUT2D eigenvalue weighted by Crippen LogP contribution is 2.21. The average Bonchev–Trinajstić information content (AvgIpc) is 2.45. The van der Waals surface area contributed by atoms with E-state index >= 15 is 0 Å². The van der Waals surface area contributed by atoms with Crippen LogP contribution in [0.5, 0.6) is 0 Å². The number of benzene rings is 1. The first-order valence-electron chi connectivity index (χ1n) is 7.63. The van der Waals surface area contributed by atoms with Gasteiger partial charge in [-0.05, 0) is 38.5 Å². The second-order valence-corrected chi connectivity index (χ2v) is 6.69. The Balaban J connectivity index is 1.97. The lowest BCUT2D eigenvalue weighted by Gasteiger charge is -2.43. The molecule has 0 radical (unpaired) electrons. The Morgan fingerprint density at radius 1 is 1.24 bits per heavy atom. The van der Waals surface area contributed by atoms with Gasteiger partial charge in [0.2, 0.25) is 0 Å². The van der Waals surface area contributed by atoms with Gasteiger partial charge in [-0.1, -0.05) is 18.7 Å². The molecule has 4 heteroatoms. The topological polar surface area (TPSA) is 44.5 Å². The van der Waals surface area contributed by atoms with Crippen molar-refractivity contribution >= 4 is 5.69 Å². The minimum Gasteiger partial charge on any atom is -0.386 e. The van der Waals surface area contributed by atoms with E-state index in [1.807, 2.05) is 0 Å². The summed E-state index contributed by atoms with van der Waals surface area (Å²) >= 11 is 0. The molecule has 1 aromatic rings. The van der Waals surface area contributed by atoms with E-state index in [-0.39, 0.29) is 5.54 Å². The Morgan fingerprint density at radius 2 is 1.90 bits per heavy atom. The molecule has 0 atom stereocenters. The zero-order valence-electron chi connectivity index (χ0n) is 13.5. The maximum atomic E-state index is 5.56. The number of nitrogens with two attached hydrogens (primary N) is 1. The van der Waals surface area contributed by atoms with Crippen LogP contribution in [0.25, 0.3) is 0 Å². The van der Waals surface area contributed by atoms with Crippen LogP contribution in [-0.4, -0.2) is 36.6 Å². The Hall–Kier alpha value is -1.68. The third-order valence-electron chi connectivity index (χ3n) is 4.02. The van der Waals surface area contributed by atoms with Crippen LogP contribution in [0.4, 0.5) is 5.69 Å². The van der Waals surface area contributed by atoms with Crippen molar-refractivity contribution < 1.29 is 0 Å². The maximum Gasteiger partial charge on any atom is 0.0888 e. The number of piperazine rings is 1. The summed E-state index contributed by atoms with van der Waals surface area (Å²) in [6.45, 7) is 15.6. The second-order valence-electron chi connectivity index (χ2n) is 6.69. The first-order chi connectivity index (χ1) is 9.86. The van der Waals surface area contributed by atoms with Gasteiger partial charge >= 0.3 is 0 Å². The molecular weight excluding hydrogens is 260 g/mol. The summed E-state index contributed by atoms with van der Waals surface area (Å²) in [6.07, 6.45) is 0. The molecule has 1 aliphatic heterocycles. The van der Waals surface area contributed by atoms with Crippen molar-refractivity contribution in [2.45, 2.75) is 32.9 Å². The minimum atomic E-state index is 0.263. The molecule has 0 amide bonds. The van der Waals surface area contributed by atoms with Crippen LogP contribution in [0, 0.1) is 0 Å². The number of nitrogens with zero attached hydrogens (tertiary/aromatic N) is 2. The SMILES string of the molecule is C=C(N)NCc1cccc(N2CCN(C(C)(C)C)CC2)c1. The lowest BCUT2D eigenvalue weighted by atomic mass is 10.0. The van der Waals surface area contributed by atoms with Gasteiger partial charge in [0.25, 0.3) is 0 Å². The van der Waals surface area contributed by atoms with E-state index in [1.54, 1.807) is 0 Å². The summed E-state index contributed by atoms with van der Waals surface area (Å²) in [5.74, 6) is 0.513. The summed E-state index contributed by atoms with van der Waals surface area (Å²) in [6, 6.07) is 8.66. The molecule has 0 saturated carbocycles. The molecule has 1 heterocycles. The van der Waals surface area contributed by atoms with E-state index in [4.69, 9.17) is 5.73 Å². The molecule has 1 fully saturated rings. The molecule has 3 N–H and O–H groups in total. The molecule has 0 bridgehead atoms. The fourth-order valence-electron chi connectivity index (χ4n) is 2.71. The molecule has 116 valence electrons. The molecule has 1 aliphatic rings. The van der Waals surface area contributed by atoms with Gasteiger partial charge in [0.05, 0.1) is 5.82 Å². The summed E-state index contributed by atoms with van der Waals surface area (Å²) in [7, 11) is 0. The van der Waals surface area contributed by atoms with Crippen molar-refractivity contribution in [3.05, 3.63) is 42.2 Å². The van der Waals surface area contributed by atoms with Crippen molar-refractivity contribution in [1.29, 1.82) is 0 Å². The van der Waals surface area contributed by atoms with E-state index in [9.17, 15) is 0 Å². The van der Waals surface area contributed by atoms with Crippen molar-refractivity contribution in [3.8, 4) is 0 Å². The summed E-state index contributed by atoms with van der Waals surface area (Å²) in [4.78, 5) is 5.01. The Bertz CT molecular complexity index is 482. The monoisotopic (exact) mass is 288 g/mol. The van der Waals surface area contributed by atoms with Crippen LogP contribution in [0.2, 0.25) is 0 Å². The van der Waals surface area contributed by atoms with Crippen LogP contribution in [0.1, 0.15) is 26.3 Å². The number of hydrogen-bond donors (Lipinski definition) is 2. The Morgan fingerprint density at radius 3 is 2.48 bits per heavy atom. The summed E-state index contributed by atoms with van der Waals surface area (Å²) in [5.41, 5.74) is 8.35. The van der Waals surface area contributed by atoms with E-state index in [2.05, 4.69) is 66.7 Å². The normalized spacial score (nSPS) is 16.8. The summed E-state index contributed by atoms with van der Waals surface area (Å²) in [5, 5.41) is 3.08. The number of anilines is 1. The quantitative estimate of drug-likeness (QED) is 0.891. The zero-order valence-corrected chi connectivity index (χ0v) is 13.5. The first kappa shape index (κ1) is 15.7. The van der Waals surface area contributed by atoms with Gasteiger partial charge < -0.3 is 16.0 Å². The van der Waals surface area contributed by atoms with Crippen molar-refractivity contribution in [2.24, 2.45) is 5.73 Å². The van der Waals surface area contributed by atoms with Crippen molar-refractivity contribution in [3.63, 3.8) is 0 Å². The van der Waals surface area contributed by atoms with Crippen molar-refractivity contribution in [2.75, 3.05) is 31.1 Å². The van der Waals surface area contributed by atoms with Gasteiger partial charge in [0, 0.05) is 44.0 Å². The fourth-order valence-corrected chi connectivity index (χ4v) is 2.71. The van der Waals surface area contributed by atoms with Crippen LogP contribution in [0.3, 0.4) is 0 Å². The lowest BCUT2D eigenvalue weighted by Crippen LogP contribution is -2.53. The maximum absolute atomic E-state index is 5.56. The largest absolute Gasteiger partial charge is 0.386 e. The van der Waals surface area contributed by atoms with Crippen LogP contribution >= 0.6 is 0 Å². The number of nitrogens with one attached hydrogen (secondary N) is 1. The highest BCUT2D eigenvalue weighted by atomic mass is 15.3. The Kier molecular flexibility index (Phi) is 4.78. The molecule has 0 spiro atoms. The average molecular weight is 288 g/mol. The molecule has 0 aromatic heterocycles. The number of rotatable bonds is 4. The molecule has 1 saturated heterocycles. The standard InChI is InChI=1S/C17H28N4/c1-14(18)19-13-15-6-5-7-16(12-15)20-8-10-21(11-9-20)17(2,3)4/h5-7,12,19H,1,8-11,13,18H2,2-4H3. The minimum absolute atomic E-state index is 0.263. The van der Waals surface area contributed by atoms with E-state index < -0.39 is 0 Å². The fraction of sp³-hybridized carbons (Fsp3) is 0.529. The first-order valence-corrected chi connectivity index (χ1v) is 7.63. The molecule has 0 unspecified atom stereocenters. The molecular formula is C17H28N4. The van der Waals surface area contributed by atoms with E-state index in [0.29, 0.717) is 5.82 Å². The van der Waals surface area contributed by atoms with Gasteiger partial charge in [-0.2, -0.15) is 0 Å². The van der Waals surface area contributed by atoms with E-state index in [0.717, 1.165) is 32.7 Å². The van der Waals surface area contributed by atoms with Gasteiger partial charge in [0.1, 0.15) is 0 Å². The molecule has 0 aliphatic carbocycles. The molecule has 1 aromatic carbocycles. The smallest absolute Gasteiger partial charge is 0.0888 e. The zero-order chi connectivity index (χ0) is 15.5. The van der Waals surface area contributed by atoms with Gasteiger partial charge in [-0.3, -0.25) is 4.90 Å². The molecule has 21 heavy (non-hydrogen) atoms. The van der Waals surface area contributed by atoms with Crippen LogP contribution in [-0.2, 0) is 6.54 Å². The van der Waals surface area contributed by atoms with E-state index in [1.165, 1.54) is 11.3 Å².